The molecule has 0 saturated carbocycles. The van der Waals surface area contributed by atoms with Crippen molar-refractivity contribution in [3.8, 4) is 11.5 Å². The van der Waals surface area contributed by atoms with E-state index in [0.29, 0.717) is 12.1 Å². The summed E-state index contributed by atoms with van der Waals surface area (Å²) < 4.78 is 32.5. The summed E-state index contributed by atoms with van der Waals surface area (Å²) in [6.45, 7) is 4.31. The van der Waals surface area contributed by atoms with Crippen LogP contribution in [-0.2, 0) is 16.4 Å². The molecule has 0 radical (unpaired) electrons. The molecule has 1 aromatic heterocycles. The van der Waals surface area contributed by atoms with Gasteiger partial charge in [-0.1, -0.05) is 65.7 Å². The van der Waals surface area contributed by atoms with Gasteiger partial charge in [0.05, 0.1) is 4.90 Å². The molecular weight excluding hydrogens is 396 g/mol. The Hall–Kier alpha value is -3.38. The number of oxazole rings is 1. The molecule has 1 heterocycles. The quantitative estimate of drug-likeness (QED) is 0.454. The molecule has 0 aliphatic carbocycles. The third-order valence-corrected chi connectivity index (χ3v) is 6.45. The lowest BCUT2D eigenvalue weighted by atomic mass is 10.1. The zero-order chi connectivity index (χ0) is 21.1. The minimum Gasteiger partial charge on any atom is -0.419 e. The number of anilines is 1. The van der Waals surface area contributed by atoms with E-state index in [2.05, 4.69) is 10.3 Å². The molecule has 0 bridgehead atoms. The number of hydrogen-bond donors (Lipinski definition) is 1. The maximum atomic E-state index is 13.3. The van der Waals surface area contributed by atoms with Crippen molar-refractivity contribution in [2.45, 2.75) is 30.3 Å². The first-order valence-corrected chi connectivity index (χ1v) is 11.1. The smallest absolute Gasteiger partial charge is 0.234 e. The van der Waals surface area contributed by atoms with Crippen LogP contribution >= 0.6 is 0 Å². The minimum absolute atomic E-state index is 0.113. The molecule has 6 heteroatoms. The average molecular weight is 419 g/mol. The van der Waals surface area contributed by atoms with Gasteiger partial charge in [-0.25, -0.2) is 8.42 Å². The number of benzene rings is 3. The van der Waals surface area contributed by atoms with Crippen LogP contribution in [0.4, 0.5) is 5.88 Å². The van der Waals surface area contributed by atoms with Gasteiger partial charge in [-0.2, -0.15) is 4.98 Å². The molecule has 0 fully saturated rings. The Bertz CT molecular complexity index is 1240. The molecule has 0 saturated heterocycles. The summed E-state index contributed by atoms with van der Waals surface area (Å²) >= 11 is 0. The summed E-state index contributed by atoms with van der Waals surface area (Å²) in [5.74, 6) is 0.395. The van der Waals surface area contributed by atoms with Gasteiger partial charge in [0, 0.05) is 12.1 Å². The van der Waals surface area contributed by atoms with E-state index in [1.165, 1.54) is 0 Å². The van der Waals surface area contributed by atoms with E-state index in [0.717, 1.165) is 16.7 Å². The molecule has 0 aliphatic heterocycles. The lowest BCUT2D eigenvalue weighted by Crippen LogP contribution is -2.07. The molecule has 30 heavy (non-hydrogen) atoms. The first kappa shape index (κ1) is 19.9. The van der Waals surface area contributed by atoms with Crippen molar-refractivity contribution in [1.82, 2.24) is 4.98 Å². The Balaban J connectivity index is 1.76. The monoisotopic (exact) mass is 418 g/mol. The van der Waals surface area contributed by atoms with Gasteiger partial charge in [0.15, 0.2) is 0 Å². The van der Waals surface area contributed by atoms with E-state index >= 15 is 0 Å². The van der Waals surface area contributed by atoms with Crippen LogP contribution in [-0.4, -0.2) is 13.4 Å². The standard InChI is InChI=1S/C24H22N2O3S/c1-17-8-12-20(13-9-17)22-26-24(30(27,28)21-14-10-18(2)11-15-21)23(29-22)25-16-19-6-4-3-5-7-19/h3-15,25H,16H2,1-2H3. The van der Waals surface area contributed by atoms with E-state index in [1.807, 2.05) is 68.4 Å². The van der Waals surface area contributed by atoms with E-state index in [4.69, 9.17) is 4.42 Å². The van der Waals surface area contributed by atoms with Gasteiger partial charge in [0.2, 0.25) is 26.6 Å². The fourth-order valence-electron chi connectivity index (χ4n) is 3.03. The normalized spacial score (nSPS) is 11.4. The van der Waals surface area contributed by atoms with E-state index < -0.39 is 9.84 Å². The highest BCUT2D eigenvalue weighted by Gasteiger charge is 2.28. The van der Waals surface area contributed by atoms with Gasteiger partial charge in [-0.15, -0.1) is 0 Å². The summed E-state index contributed by atoms with van der Waals surface area (Å²) in [4.78, 5) is 4.56. The summed E-state index contributed by atoms with van der Waals surface area (Å²) in [5.41, 5.74) is 3.80. The molecule has 0 amide bonds. The Labute approximate surface area is 176 Å². The van der Waals surface area contributed by atoms with Crippen LogP contribution in [0.3, 0.4) is 0 Å². The van der Waals surface area contributed by atoms with Crippen molar-refractivity contribution >= 4 is 15.7 Å². The second-order valence-corrected chi connectivity index (χ2v) is 9.04. The number of nitrogens with zero attached hydrogens (tertiary/aromatic N) is 1. The van der Waals surface area contributed by atoms with Crippen LogP contribution < -0.4 is 5.32 Å². The van der Waals surface area contributed by atoms with Crippen LogP contribution in [0.5, 0.6) is 0 Å². The first-order valence-electron chi connectivity index (χ1n) is 9.61. The first-order chi connectivity index (χ1) is 14.4. The fourth-order valence-corrected chi connectivity index (χ4v) is 4.31. The molecule has 4 rings (SSSR count). The SMILES string of the molecule is Cc1ccc(-c2nc(S(=O)(=O)c3ccc(C)cc3)c(NCc3ccccc3)o2)cc1. The Morgan fingerprint density at radius 3 is 2.07 bits per heavy atom. The topological polar surface area (TPSA) is 72.2 Å². The van der Waals surface area contributed by atoms with Gasteiger partial charge in [0.1, 0.15) is 0 Å². The predicted molar refractivity (Wildman–Crippen MR) is 117 cm³/mol. The highest BCUT2D eigenvalue weighted by molar-refractivity contribution is 7.91. The Kier molecular flexibility index (Phi) is 5.42. The molecule has 1 N–H and O–H groups in total. The zero-order valence-corrected chi connectivity index (χ0v) is 17.6. The van der Waals surface area contributed by atoms with Gasteiger partial charge < -0.3 is 9.73 Å². The number of sulfone groups is 1. The van der Waals surface area contributed by atoms with E-state index in [9.17, 15) is 8.42 Å². The largest absolute Gasteiger partial charge is 0.419 e. The summed E-state index contributed by atoms with van der Waals surface area (Å²) in [6.07, 6.45) is 0. The summed E-state index contributed by atoms with van der Waals surface area (Å²) in [5, 5.41) is 3.00. The van der Waals surface area contributed by atoms with Crippen molar-refractivity contribution < 1.29 is 12.8 Å². The molecular formula is C24H22N2O3S. The lowest BCUT2D eigenvalue weighted by molar-refractivity contribution is 0.576. The Morgan fingerprint density at radius 1 is 0.833 bits per heavy atom. The number of aryl methyl sites for hydroxylation is 2. The second-order valence-electron chi connectivity index (χ2n) is 7.17. The highest BCUT2D eigenvalue weighted by atomic mass is 32.2. The maximum absolute atomic E-state index is 13.3. The molecule has 0 unspecified atom stereocenters. The van der Waals surface area contributed by atoms with Crippen molar-refractivity contribution in [3.05, 3.63) is 95.6 Å². The van der Waals surface area contributed by atoms with E-state index in [-0.39, 0.29) is 21.7 Å². The molecule has 5 nitrogen and oxygen atoms in total. The molecule has 0 aliphatic rings. The zero-order valence-electron chi connectivity index (χ0n) is 16.8. The molecule has 0 spiro atoms. The average Bonchev–Trinajstić information content (AvgIpc) is 3.19. The van der Waals surface area contributed by atoms with Gasteiger partial charge in [-0.05, 0) is 43.7 Å². The van der Waals surface area contributed by atoms with Crippen molar-refractivity contribution in [2.24, 2.45) is 0 Å². The number of hydrogen-bond acceptors (Lipinski definition) is 5. The third-order valence-electron chi connectivity index (χ3n) is 4.78. The number of nitrogens with one attached hydrogen (secondary N) is 1. The van der Waals surface area contributed by atoms with Crippen molar-refractivity contribution in [1.29, 1.82) is 0 Å². The van der Waals surface area contributed by atoms with Crippen LogP contribution in [0.25, 0.3) is 11.5 Å². The van der Waals surface area contributed by atoms with Crippen molar-refractivity contribution in [3.63, 3.8) is 0 Å². The van der Waals surface area contributed by atoms with Gasteiger partial charge in [-0.3, -0.25) is 0 Å². The van der Waals surface area contributed by atoms with Crippen LogP contribution in [0.1, 0.15) is 16.7 Å². The Morgan fingerprint density at radius 2 is 1.43 bits per heavy atom. The minimum atomic E-state index is -3.85. The third kappa shape index (κ3) is 4.14. The van der Waals surface area contributed by atoms with Crippen molar-refractivity contribution in [2.75, 3.05) is 5.32 Å². The molecule has 0 atom stereocenters. The van der Waals surface area contributed by atoms with Crippen LogP contribution in [0.15, 0.2) is 93.2 Å². The van der Waals surface area contributed by atoms with Gasteiger partial charge >= 0.3 is 0 Å². The number of aromatic nitrogens is 1. The molecule has 4 aromatic rings. The van der Waals surface area contributed by atoms with Crippen LogP contribution in [0.2, 0.25) is 0 Å². The second kappa shape index (κ2) is 8.16. The highest BCUT2D eigenvalue weighted by Crippen LogP contribution is 2.32. The lowest BCUT2D eigenvalue weighted by Gasteiger charge is -2.06. The van der Waals surface area contributed by atoms with Crippen LogP contribution in [0, 0.1) is 13.8 Å². The van der Waals surface area contributed by atoms with E-state index in [1.54, 1.807) is 24.3 Å². The number of rotatable bonds is 6. The predicted octanol–water partition coefficient (Wildman–Crippen LogP) is 5.40. The van der Waals surface area contributed by atoms with Gasteiger partial charge in [0.25, 0.3) is 0 Å². The summed E-state index contributed by atoms with van der Waals surface area (Å²) in [6, 6.07) is 24.0. The molecule has 152 valence electrons. The fraction of sp³-hybridized carbons (Fsp3) is 0.125. The summed E-state index contributed by atoms with van der Waals surface area (Å²) in [7, 11) is -3.85. The molecule has 3 aromatic carbocycles. The maximum Gasteiger partial charge on any atom is 0.234 e.